The van der Waals surface area contributed by atoms with Crippen LogP contribution in [-0.4, -0.2) is 38.8 Å². The minimum absolute atomic E-state index is 0.0352. The fourth-order valence-corrected chi connectivity index (χ4v) is 3.47. The average molecular weight is 376 g/mol. The molecule has 28 heavy (non-hydrogen) atoms. The summed E-state index contributed by atoms with van der Waals surface area (Å²) >= 11 is 0. The second kappa shape index (κ2) is 7.26. The van der Waals surface area contributed by atoms with Crippen LogP contribution in [0.1, 0.15) is 29.8 Å². The van der Waals surface area contributed by atoms with Crippen LogP contribution >= 0.6 is 0 Å². The highest BCUT2D eigenvalue weighted by molar-refractivity contribution is 6.00. The van der Waals surface area contributed by atoms with Crippen LogP contribution in [0.25, 0.3) is 5.69 Å². The molecule has 0 N–H and O–H groups in total. The number of para-hydroxylation sites is 1. The Kier molecular flexibility index (Phi) is 4.65. The summed E-state index contributed by atoms with van der Waals surface area (Å²) < 4.78 is 7.03. The van der Waals surface area contributed by atoms with Gasteiger partial charge in [0.1, 0.15) is 12.7 Å². The summed E-state index contributed by atoms with van der Waals surface area (Å²) in [5.41, 5.74) is 3.17. The smallest absolute Gasteiger partial charge is 0.338 e. The molecule has 7 heteroatoms. The van der Waals surface area contributed by atoms with Crippen molar-refractivity contribution in [2.45, 2.75) is 32.4 Å². The van der Waals surface area contributed by atoms with E-state index in [0.29, 0.717) is 5.56 Å². The molecular weight excluding hydrogens is 356 g/mol. The van der Waals surface area contributed by atoms with E-state index in [-0.39, 0.29) is 11.9 Å². The number of benzene rings is 2. The standard InChI is InChI=1S/C21H20N4O3/c1-14-11-17-5-3-4-6-19(17)25(14)20(26)15(2)28-21(27)16-7-9-18(10-8-16)24-13-22-12-23-24/h3-10,12-15H,11H2,1-2H3/t14-,15-/m1/s1. The number of carbonyl (C=O) groups is 2. The van der Waals surface area contributed by atoms with Crippen molar-refractivity contribution in [3.05, 3.63) is 72.3 Å². The van der Waals surface area contributed by atoms with Gasteiger partial charge in [-0.1, -0.05) is 18.2 Å². The molecule has 2 aromatic carbocycles. The van der Waals surface area contributed by atoms with E-state index in [4.69, 9.17) is 4.74 Å². The van der Waals surface area contributed by atoms with Gasteiger partial charge in [0, 0.05) is 11.7 Å². The number of amides is 1. The molecule has 7 nitrogen and oxygen atoms in total. The quantitative estimate of drug-likeness (QED) is 0.655. The molecule has 3 aromatic rings. The van der Waals surface area contributed by atoms with Crippen LogP contribution in [-0.2, 0) is 16.0 Å². The minimum Gasteiger partial charge on any atom is -0.449 e. The van der Waals surface area contributed by atoms with Gasteiger partial charge in [0.05, 0.1) is 11.3 Å². The predicted molar refractivity (Wildman–Crippen MR) is 103 cm³/mol. The lowest BCUT2D eigenvalue weighted by Gasteiger charge is -2.26. The van der Waals surface area contributed by atoms with Crippen LogP contribution in [0.2, 0.25) is 0 Å². The van der Waals surface area contributed by atoms with Crippen LogP contribution in [0.3, 0.4) is 0 Å². The predicted octanol–water partition coefficient (Wildman–Crippen LogP) is 2.79. The van der Waals surface area contributed by atoms with Crippen molar-refractivity contribution in [1.82, 2.24) is 14.8 Å². The lowest BCUT2D eigenvalue weighted by Crippen LogP contribution is -2.43. The second-order valence-corrected chi connectivity index (χ2v) is 6.82. The third-order valence-electron chi connectivity index (χ3n) is 4.86. The van der Waals surface area contributed by atoms with Gasteiger partial charge in [-0.2, -0.15) is 5.10 Å². The van der Waals surface area contributed by atoms with Crippen LogP contribution in [0, 0.1) is 0 Å². The van der Waals surface area contributed by atoms with E-state index in [2.05, 4.69) is 10.1 Å². The van der Waals surface area contributed by atoms with Crippen LogP contribution in [0.15, 0.2) is 61.2 Å². The average Bonchev–Trinajstić information content (AvgIpc) is 3.34. The fourth-order valence-electron chi connectivity index (χ4n) is 3.47. The van der Waals surface area contributed by atoms with Gasteiger partial charge in [0.2, 0.25) is 0 Å². The molecule has 2 atom stereocenters. The zero-order chi connectivity index (χ0) is 19.7. The van der Waals surface area contributed by atoms with E-state index in [1.54, 1.807) is 47.1 Å². The van der Waals surface area contributed by atoms with Crippen molar-refractivity contribution in [1.29, 1.82) is 0 Å². The Balaban J connectivity index is 1.45. The molecule has 142 valence electrons. The molecule has 1 aromatic heterocycles. The lowest BCUT2D eigenvalue weighted by molar-refractivity contribution is -0.126. The number of anilines is 1. The fraction of sp³-hybridized carbons (Fsp3) is 0.238. The molecule has 0 aliphatic carbocycles. The first kappa shape index (κ1) is 17.9. The lowest BCUT2D eigenvalue weighted by atomic mass is 10.1. The summed E-state index contributed by atoms with van der Waals surface area (Å²) in [5.74, 6) is -0.754. The van der Waals surface area contributed by atoms with Crippen molar-refractivity contribution >= 4 is 17.6 Å². The van der Waals surface area contributed by atoms with Gasteiger partial charge in [0.15, 0.2) is 6.10 Å². The van der Waals surface area contributed by atoms with Crippen LogP contribution in [0.5, 0.6) is 0 Å². The van der Waals surface area contributed by atoms with Crippen molar-refractivity contribution in [2.24, 2.45) is 0 Å². The molecule has 0 fully saturated rings. The van der Waals surface area contributed by atoms with E-state index in [0.717, 1.165) is 23.4 Å². The third kappa shape index (κ3) is 3.26. The van der Waals surface area contributed by atoms with E-state index >= 15 is 0 Å². The molecule has 0 bridgehead atoms. The Hall–Kier alpha value is -3.48. The number of aromatic nitrogens is 3. The second-order valence-electron chi connectivity index (χ2n) is 6.82. The Morgan fingerprint density at radius 3 is 2.61 bits per heavy atom. The molecule has 0 radical (unpaired) electrons. The van der Waals surface area contributed by atoms with Gasteiger partial charge < -0.3 is 9.64 Å². The number of rotatable bonds is 4. The number of hydrogen-bond acceptors (Lipinski definition) is 5. The van der Waals surface area contributed by atoms with Gasteiger partial charge in [-0.05, 0) is 56.2 Å². The number of ether oxygens (including phenoxy) is 1. The Labute approximate surface area is 162 Å². The molecule has 1 aliphatic heterocycles. The largest absolute Gasteiger partial charge is 0.449 e. The molecule has 1 amide bonds. The highest BCUT2D eigenvalue weighted by Crippen LogP contribution is 2.32. The van der Waals surface area contributed by atoms with Gasteiger partial charge in [-0.3, -0.25) is 4.79 Å². The summed E-state index contributed by atoms with van der Waals surface area (Å²) in [7, 11) is 0. The number of fused-ring (bicyclic) bond motifs is 1. The molecule has 0 saturated heterocycles. The highest BCUT2D eigenvalue weighted by atomic mass is 16.5. The zero-order valence-corrected chi connectivity index (χ0v) is 15.6. The summed E-state index contributed by atoms with van der Waals surface area (Å²) in [6, 6.07) is 14.6. The summed E-state index contributed by atoms with van der Waals surface area (Å²) in [6.45, 7) is 3.60. The Morgan fingerprint density at radius 2 is 1.89 bits per heavy atom. The number of esters is 1. The van der Waals surface area contributed by atoms with Crippen LogP contribution in [0.4, 0.5) is 5.69 Å². The third-order valence-corrected chi connectivity index (χ3v) is 4.86. The Morgan fingerprint density at radius 1 is 1.14 bits per heavy atom. The van der Waals surface area contributed by atoms with Crippen molar-refractivity contribution in [2.75, 3.05) is 4.90 Å². The first-order valence-electron chi connectivity index (χ1n) is 9.11. The number of nitrogens with zero attached hydrogens (tertiary/aromatic N) is 4. The minimum atomic E-state index is -0.879. The molecular formula is C21H20N4O3. The first-order chi connectivity index (χ1) is 13.5. The van der Waals surface area contributed by atoms with E-state index < -0.39 is 12.1 Å². The van der Waals surface area contributed by atoms with Crippen molar-refractivity contribution < 1.29 is 14.3 Å². The number of hydrogen-bond donors (Lipinski definition) is 0. The highest BCUT2D eigenvalue weighted by Gasteiger charge is 2.34. The molecule has 1 aliphatic rings. The molecule has 2 heterocycles. The van der Waals surface area contributed by atoms with Crippen molar-refractivity contribution in [3.8, 4) is 5.69 Å². The first-order valence-corrected chi connectivity index (χ1v) is 9.11. The molecule has 0 spiro atoms. The van der Waals surface area contributed by atoms with E-state index in [9.17, 15) is 9.59 Å². The summed E-state index contributed by atoms with van der Waals surface area (Å²) in [6.07, 6.45) is 2.93. The topological polar surface area (TPSA) is 77.3 Å². The van der Waals surface area contributed by atoms with E-state index in [1.807, 2.05) is 31.2 Å². The molecule has 4 rings (SSSR count). The Bertz CT molecular complexity index is 999. The summed E-state index contributed by atoms with van der Waals surface area (Å²) in [4.78, 5) is 31.0. The zero-order valence-electron chi connectivity index (χ0n) is 15.6. The maximum absolute atomic E-state index is 12.9. The molecule has 0 saturated carbocycles. The summed E-state index contributed by atoms with van der Waals surface area (Å²) in [5, 5.41) is 4.04. The van der Waals surface area contributed by atoms with Crippen molar-refractivity contribution in [3.63, 3.8) is 0 Å². The molecule has 0 unspecified atom stereocenters. The maximum atomic E-state index is 12.9. The maximum Gasteiger partial charge on any atom is 0.338 e. The SMILES string of the molecule is C[C@@H]1Cc2ccccc2N1C(=O)[C@@H](C)OC(=O)c1ccc(-n2cncn2)cc1. The number of carbonyl (C=O) groups excluding carboxylic acids is 2. The van der Waals surface area contributed by atoms with Crippen LogP contribution < -0.4 is 4.90 Å². The normalized spacial score (nSPS) is 16.5. The van der Waals surface area contributed by atoms with Gasteiger partial charge in [0.25, 0.3) is 5.91 Å². The monoisotopic (exact) mass is 376 g/mol. The van der Waals surface area contributed by atoms with Gasteiger partial charge >= 0.3 is 5.97 Å². The van der Waals surface area contributed by atoms with Gasteiger partial charge in [-0.25, -0.2) is 14.5 Å². The van der Waals surface area contributed by atoms with Gasteiger partial charge in [-0.15, -0.1) is 0 Å². The van der Waals surface area contributed by atoms with E-state index in [1.165, 1.54) is 6.33 Å².